The van der Waals surface area contributed by atoms with E-state index in [4.69, 9.17) is 5.11 Å². The summed E-state index contributed by atoms with van der Waals surface area (Å²) in [5.74, 6) is 0.705. The summed E-state index contributed by atoms with van der Waals surface area (Å²) in [5, 5.41) is 17.8. The predicted molar refractivity (Wildman–Crippen MR) is 77.3 cm³/mol. The third-order valence-electron chi connectivity index (χ3n) is 3.85. The lowest BCUT2D eigenvalue weighted by Gasteiger charge is -2.25. The molecule has 2 fully saturated rings. The number of carbonyl (C=O) groups is 1. The number of aliphatic carboxylic acids is 1. The monoisotopic (exact) mass is 331 g/mol. The van der Waals surface area contributed by atoms with Crippen LogP contribution in [0.2, 0.25) is 0 Å². The van der Waals surface area contributed by atoms with Crippen molar-refractivity contribution in [2.24, 2.45) is 0 Å². The van der Waals surface area contributed by atoms with E-state index < -0.39 is 15.8 Å². The van der Waals surface area contributed by atoms with Crippen LogP contribution in [0.1, 0.15) is 43.5 Å². The molecule has 0 amide bonds. The molecular formula is C12H17N3O4S2. The van der Waals surface area contributed by atoms with Gasteiger partial charge in [-0.05, 0) is 25.7 Å². The van der Waals surface area contributed by atoms with E-state index in [1.807, 2.05) is 4.57 Å². The Kier molecular flexibility index (Phi) is 3.96. The molecule has 2 heterocycles. The van der Waals surface area contributed by atoms with Gasteiger partial charge in [0.05, 0.1) is 17.3 Å². The fraction of sp³-hybridized carbons (Fsp3) is 0.750. The van der Waals surface area contributed by atoms with Crippen molar-refractivity contribution < 1.29 is 18.3 Å². The molecule has 116 valence electrons. The van der Waals surface area contributed by atoms with Crippen LogP contribution in [0.15, 0.2) is 5.16 Å². The van der Waals surface area contributed by atoms with E-state index in [-0.39, 0.29) is 23.3 Å². The summed E-state index contributed by atoms with van der Waals surface area (Å²) < 4.78 is 25.1. The van der Waals surface area contributed by atoms with E-state index in [1.54, 1.807) is 0 Å². The molecule has 1 N–H and O–H groups in total. The molecule has 1 aromatic rings. The molecular weight excluding hydrogens is 314 g/mol. The van der Waals surface area contributed by atoms with Crippen LogP contribution in [0, 0.1) is 0 Å². The second-order valence-corrected chi connectivity index (χ2v) is 8.80. The Hall–Kier alpha value is -1.09. The molecule has 1 saturated carbocycles. The number of aromatic nitrogens is 3. The van der Waals surface area contributed by atoms with Gasteiger partial charge in [-0.25, -0.2) is 8.42 Å². The number of hydrogen-bond acceptors (Lipinski definition) is 6. The molecule has 7 nitrogen and oxygen atoms in total. The van der Waals surface area contributed by atoms with Gasteiger partial charge in [-0.1, -0.05) is 11.8 Å². The average Bonchev–Trinajstić information content (AvgIpc) is 3.17. The summed E-state index contributed by atoms with van der Waals surface area (Å²) in [7, 11) is -2.92. The number of carboxylic acids is 1. The second kappa shape index (κ2) is 5.60. The van der Waals surface area contributed by atoms with Crippen LogP contribution in [0.3, 0.4) is 0 Å². The van der Waals surface area contributed by atoms with Crippen LogP contribution in [0.25, 0.3) is 0 Å². The highest BCUT2D eigenvalue weighted by Crippen LogP contribution is 2.42. The third-order valence-corrected chi connectivity index (χ3v) is 6.49. The highest BCUT2D eigenvalue weighted by Gasteiger charge is 2.35. The third kappa shape index (κ3) is 3.39. The SMILES string of the molecule is O=C(O)CSc1nnc(C2CC2)n1C1CCS(=O)(=O)CC1. The van der Waals surface area contributed by atoms with Crippen LogP contribution >= 0.6 is 11.8 Å². The Morgan fingerprint density at radius 2 is 1.90 bits per heavy atom. The lowest BCUT2D eigenvalue weighted by atomic mass is 10.1. The van der Waals surface area contributed by atoms with Crippen LogP contribution in [0.4, 0.5) is 0 Å². The van der Waals surface area contributed by atoms with Gasteiger partial charge in [0.15, 0.2) is 5.16 Å². The molecule has 21 heavy (non-hydrogen) atoms. The first-order chi connectivity index (χ1) is 9.96. The minimum Gasteiger partial charge on any atom is -0.481 e. The molecule has 0 spiro atoms. The highest BCUT2D eigenvalue weighted by atomic mass is 32.2. The second-order valence-electron chi connectivity index (χ2n) is 5.55. The standard InChI is InChI=1S/C12H17N3O4S2/c16-10(17)7-20-12-14-13-11(8-1-2-8)15(12)9-3-5-21(18,19)6-4-9/h8-9H,1-7H2,(H,16,17). The maximum Gasteiger partial charge on any atom is 0.313 e. The van der Waals surface area contributed by atoms with Crippen molar-refractivity contribution in [3.05, 3.63) is 5.82 Å². The van der Waals surface area contributed by atoms with Crippen molar-refractivity contribution in [3.63, 3.8) is 0 Å². The van der Waals surface area contributed by atoms with Gasteiger partial charge in [-0.3, -0.25) is 4.79 Å². The Labute approximate surface area is 127 Å². The van der Waals surface area contributed by atoms with Crippen LogP contribution < -0.4 is 0 Å². The smallest absolute Gasteiger partial charge is 0.313 e. The predicted octanol–water partition coefficient (Wildman–Crippen LogP) is 1.08. The van der Waals surface area contributed by atoms with E-state index in [0.29, 0.717) is 23.9 Å². The van der Waals surface area contributed by atoms with E-state index >= 15 is 0 Å². The van der Waals surface area contributed by atoms with Gasteiger partial charge in [0, 0.05) is 12.0 Å². The van der Waals surface area contributed by atoms with Crippen LogP contribution in [-0.2, 0) is 14.6 Å². The summed E-state index contributed by atoms with van der Waals surface area (Å²) in [6.45, 7) is 0. The first-order valence-corrected chi connectivity index (χ1v) is 9.77. The number of thioether (sulfide) groups is 1. The molecule has 0 unspecified atom stereocenters. The zero-order valence-corrected chi connectivity index (χ0v) is 13.1. The number of carboxylic acid groups (broad SMARTS) is 1. The maximum atomic E-state index is 11.6. The summed E-state index contributed by atoms with van der Waals surface area (Å²) in [6, 6.07) is 0.0652. The van der Waals surface area contributed by atoms with Crippen molar-refractivity contribution in [2.45, 2.75) is 42.8 Å². The Morgan fingerprint density at radius 3 is 2.48 bits per heavy atom. The van der Waals surface area contributed by atoms with Gasteiger partial charge in [-0.2, -0.15) is 0 Å². The first kappa shape index (κ1) is 14.8. The lowest BCUT2D eigenvalue weighted by Crippen LogP contribution is -2.27. The molecule has 0 aromatic carbocycles. The molecule has 2 aliphatic rings. The molecule has 0 atom stereocenters. The Bertz CT molecular complexity index is 637. The normalized spacial score (nSPS) is 22.3. The maximum absolute atomic E-state index is 11.6. The van der Waals surface area contributed by atoms with Crippen molar-refractivity contribution in [3.8, 4) is 0 Å². The van der Waals surface area contributed by atoms with Crippen molar-refractivity contribution in [2.75, 3.05) is 17.3 Å². The van der Waals surface area contributed by atoms with Gasteiger partial charge in [0.2, 0.25) is 0 Å². The summed E-state index contributed by atoms with van der Waals surface area (Å²) in [5.41, 5.74) is 0. The summed E-state index contributed by atoms with van der Waals surface area (Å²) in [4.78, 5) is 10.7. The quantitative estimate of drug-likeness (QED) is 0.805. The first-order valence-electron chi connectivity index (χ1n) is 6.96. The van der Waals surface area contributed by atoms with Gasteiger partial charge in [0.1, 0.15) is 15.7 Å². The molecule has 1 aliphatic heterocycles. The molecule has 1 aliphatic carbocycles. The van der Waals surface area contributed by atoms with Gasteiger partial charge >= 0.3 is 5.97 Å². The number of hydrogen-bond donors (Lipinski definition) is 1. The summed E-state index contributed by atoms with van der Waals surface area (Å²) in [6.07, 6.45) is 3.26. The number of rotatable bonds is 5. The Balaban J connectivity index is 1.84. The molecule has 9 heteroatoms. The van der Waals surface area contributed by atoms with E-state index in [9.17, 15) is 13.2 Å². The molecule has 0 radical (unpaired) electrons. The fourth-order valence-electron chi connectivity index (χ4n) is 2.61. The largest absolute Gasteiger partial charge is 0.481 e. The van der Waals surface area contributed by atoms with E-state index in [0.717, 1.165) is 30.4 Å². The number of nitrogens with zero attached hydrogens (tertiary/aromatic N) is 3. The molecule has 0 bridgehead atoms. The zero-order chi connectivity index (χ0) is 15.0. The van der Waals surface area contributed by atoms with Crippen LogP contribution in [0.5, 0.6) is 0 Å². The van der Waals surface area contributed by atoms with Crippen molar-refractivity contribution in [1.82, 2.24) is 14.8 Å². The topological polar surface area (TPSA) is 102 Å². The van der Waals surface area contributed by atoms with E-state index in [1.165, 1.54) is 0 Å². The van der Waals surface area contributed by atoms with Gasteiger partial charge < -0.3 is 9.67 Å². The lowest BCUT2D eigenvalue weighted by molar-refractivity contribution is -0.133. The average molecular weight is 331 g/mol. The molecule has 1 aromatic heterocycles. The summed E-state index contributed by atoms with van der Waals surface area (Å²) >= 11 is 1.16. The zero-order valence-electron chi connectivity index (χ0n) is 11.4. The van der Waals surface area contributed by atoms with Crippen molar-refractivity contribution in [1.29, 1.82) is 0 Å². The van der Waals surface area contributed by atoms with Crippen LogP contribution in [-0.4, -0.2) is 51.5 Å². The van der Waals surface area contributed by atoms with Crippen molar-refractivity contribution >= 4 is 27.6 Å². The minimum absolute atomic E-state index is 0.0617. The fourth-order valence-corrected chi connectivity index (χ4v) is 4.81. The highest BCUT2D eigenvalue weighted by molar-refractivity contribution is 7.99. The minimum atomic E-state index is -2.92. The number of sulfone groups is 1. The molecule has 1 saturated heterocycles. The van der Waals surface area contributed by atoms with Gasteiger partial charge in [0.25, 0.3) is 0 Å². The van der Waals surface area contributed by atoms with E-state index in [2.05, 4.69) is 10.2 Å². The Morgan fingerprint density at radius 1 is 1.24 bits per heavy atom. The van der Waals surface area contributed by atoms with Gasteiger partial charge in [-0.15, -0.1) is 10.2 Å². The molecule has 3 rings (SSSR count).